The number of primary sulfonamides is 1. The number of sulfonamides is 1. The van der Waals surface area contributed by atoms with Crippen molar-refractivity contribution in [2.24, 2.45) is 5.14 Å². The molecule has 2 aromatic carbocycles. The molecule has 0 bridgehead atoms. The quantitative estimate of drug-likeness (QED) is 0.541. The fourth-order valence-corrected chi connectivity index (χ4v) is 3.02. The van der Waals surface area contributed by atoms with Gasteiger partial charge in [-0.3, -0.25) is 4.79 Å². The number of carbonyl (C=O) groups is 1. The SMILES string of the molecule is CC(=O)c1c(OCc2ccc(S(N)(=O)=O)cc2)ccc2ccc(=O)oc12. The molecule has 0 saturated heterocycles. The second kappa shape index (κ2) is 6.74. The van der Waals surface area contributed by atoms with Crippen LogP contribution in [-0.2, 0) is 16.6 Å². The van der Waals surface area contributed by atoms with Crippen molar-refractivity contribution in [1.29, 1.82) is 0 Å². The summed E-state index contributed by atoms with van der Waals surface area (Å²) in [5, 5.41) is 5.67. The highest BCUT2D eigenvalue weighted by Gasteiger charge is 2.16. The molecule has 8 heteroatoms. The number of carbonyl (C=O) groups excluding carboxylic acids is 1. The van der Waals surface area contributed by atoms with E-state index < -0.39 is 15.6 Å². The average molecular weight is 373 g/mol. The van der Waals surface area contributed by atoms with Crippen LogP contribution in [0.2, 0.25) is 0 Å². The van der Waals surface area contributed by atoms with Crippen LogP contribution in [0.3, 0.4) is 0 Å². The molecule has 1 aromatic heterocycles. The van der Waals surface area contributed by atoms with Gasteiger partial charge in [0.05, 0.1) is 4.90 Å². The lowest BCUT2D eigenvalue weighted by atomic mass is 10.1. The Hall–Kier alpha value is -2.97. The van der Waals surface area contributed by atoms with Crippen LogP contribution in [0.4, 0.5) is 0 Å². The number of hydrogen-bond acceptors (Lipinski definition) is 6. The monoisotopic (exact) mass is 373 g/mol. The molecule has 0 unspecified atom stereocenters. The lowest BCUT2D eigenvalue weighted by Gasteiger charge is -2.11. The minimum Gasteiger partial charge on any atom is -0.488 e. The van der Waals surface area contributed by atoms with Crippen molar-refractivity contribution < 1.29 is 22.4 Å². The molecule has 0 aliphatic rings. The highest BCUT2D eigenvalue weighted by atomic mass is 32.2. The van der Waals surface area contributed by atoms with Crippen LogP contribution in [0.25, 0.3) is 11.0 Å². The summed E-state index contributed by atoms with van der Waals surface area (Å²) in [6, 6.07) is 12.0. The molecule has 0 atom stereocenters. The first-order valence-electron chi connectivity index (χ1n) is 7.58. The predicted octanol–water partition coefficient (Wildman–Crippen LogP) is 2.22. The van der Waals surface area contributed by atoms with Gasteiger partial charge < -0.3 is 9.15 Å². The van der Waals surface area contributed by atoms with E-state index in [1.807, 2.05) is 0 Å². The van der Waals surface area contributed by atoms with Crippen LogP contribution in [0.5, 0.6) is 5.75 Å². The Morgan fingerprint density at radius 1 is 1.08 bits per heavy atom. The lowest BCUT2D eigenvalue weighted by molar-refractivity contribution is 0.101. The van der Waals surface area contributed by atoms with Crippen molar-refractivity contribution in [1.82, 2.24) is 0 Å². The van der Waals surface area contributed by atoms with Gasteiger partial charge in [0.15, 0.2) is 11.4 Å². The Bertz CT molecular complexity index is 1150. The Kier molecular flexibility index (Phi) is 4.62. The summed E-state index contributed by atoms with van der Waals surface area (Å²) in [4.78, 5) is 23.5. The minimum absolute atomic E-state index is 0.00171. The normalized spacial score (nSPS) is 11.5. The van der Waals surface area contributed by atoms with Gasteiger partial charge in [0.25, 0.3) is 0 Å². The van der Waals surface area contributed by atoms with Crippen molar-refractivity contribution in [3.05, 3.63) is 70.1 Å². The Morgan fingerprint density at radius 3 is 2.35 bits per heavy atom. The third-order valence-electron chi connectivity index (χ3n) is 3.75. The number of hydrogen-bond donors (Lipinski definition) is 1. The zero-order valence-electron chi connectivity index (χ0n) is 13.8. The Morgan fingerprint density at radius 2 is 1.73 bits per heavy atom. The van der Waals surface area contributed by atoms with Gasteiger partial charge in [-0.15, -0.1) is 0 Å². The third kappa shape index (κ3) is 3.66. The third-order valence-corrected chi connectivity index (χ3v) is 4.68. The summed E-state index contributed by atoms with van der Waals surface area (Å²) in [6.07, 6.45) is 0. The topological polar surface area (TPSA) is 117 Å². The van der Waals surface area contributed by atoms with Crippen LogP contribution >= 0.6 is 0 Å². The van der Waals surface area contributed by atoms with E-state index in [9.17, 15) is 18.0 Å². The minimum atomic E-state index is -3.76. The lowest BCUT2D eigenvalue weighted by Crippen LogP contribution is -2.12. The molecule has 3 rings (SSSR count). The van der Waals surface area contributed by atoms with Crippen molar-refractivity contribution in [3.63, 3.8) is 0 Å². The molecule has 0 saturated carbocycles. The number of ether oxygens (including phenoxy) is 1. The van der Waals surface area contributed by atoms with Crippen LogP contribution in [0.15, 0.2) is 62.6 Å². The molecule has 0 radical (unpaired) electrons. The number of rotatable bonds is 5. The van der Waals surface area contributed by atoms with Gasteiger partial charge >= 0.3 is 5.63 Å². The maximum atomic E-state index is 12.0. The highest BCUT2D eigenvalue weighted by Crippen LogP contribution is 2.28. The predicted molar refractivity (Wildman–Crippen MR) is 94.6 cm³/mol. The summed E-state index contributed by atoms with van der Waals surface area (Å²) in [5.41, 5.74) is 0.477. The smallest absolute Gasteiger partial charge is 0.336 e. The Labute approximate surface area is 149 Å². The average Bonchev–Trinajstić information content (AvgIpc) is 2.58. The zero-order valence-corrected chi connectivity index (χ0v) is 14.6. The molecule has 0 aliphatic carbocycles. The molecule has 134 valence electrons. The second-order valence-corrected chi connectivity index (χ2v) is 7.21. The summed E-state index contributed by atoms with van der Waals surface area (Å²) < 4.78 is 33.4. The van der Waals surface area contributed by atoms with Crippen molar-refractivity contribution in [2.75, 3.05) is 0 Å². The first kappa shape index (κ1) is 17.8. The zero-order chi connectivity index (χ0) is 18.9. The van der Waals surface area contributed by atoms with E-state index in [1.54, 1.807) is 30.3 Å². The van der Waals surface area contributed by atoms with Crippen LogP contribution in [0, 0.1) is 0 Å². The summed E-state index contributed by atoms with van der Waals surface area (Å²) in [6.45, 7) is 1.45. The molecule has 0 spiro atoms. The fourth-order valence-electron chi connectivity index (χ4n) is 2.50. The van der Waals surface area contributed by atoms with Gasteiger partial charge in [0.1, 0.15) is 17.9 Å². The summed E-state index contributed by atoms with van der Waals surface area (Å²) in [7, 11) is -3.76. The van der Waals surface area contributed by atoms with E-state index in [0.717, 1.165) is 0 Å². The van der Waals surface area contributed by atoms with E-state index >= 15 is 0 Å². The standard InChI is InChI=1S/C18H15NO6S/c1-11(20)17-15(8-4-13-5-9-16(21)25-18(13)17)24-10-12-2-6-14(7-3-12)26(19,22)23/h2-9H,10H2,1H3,(H2,19,22,23). The van der Waals surface area contributed by atoms with E-state index in [-0.39, 0.29) is 34.2 Å². The maximum Gasteiger partial charge on any atom is 0.336 e. The molecule has 2 N–H and O–H groups in total. The van der Waals surface area contributed by atoms with Gasteiger partial charge in [0.2, 0.25) is 10.0 Å². The van der Waals surface area contributed by atoms with Gasteiger partial charge in [0, 0.05) is 11.5 Å². The van der Waals surface area contributed by atoms with Crippen LogP contribution in [-0.4, -0.2) is 14.2 Å². The van der Waals surface area contributed by atoms with Crippen molar-refractivity contribution >= 4 is 26.8 Å². The molecular formula is C18H15NO6S. The summed E-state index contributed by atoms with van der Waals surface area (Å²) >= 11 is 0. The molecule has 7 nitrogen and oxygen atoms in total. The number of nitrogens with two attached hydrogens (primary N) is 1. The first-order valence-corrected chi connectivity index (χ1v) is 9.13. The van der Waals surface area contributed by atoms with Crippen LogP contribution in [0.1, 0.15) is 22.8 Å². The molecule has 0 fully saturated rings. The van der Waals surface area contributed by atoms with E-state index in [0.29, 0.717) is 10.9 Å². The molecule has 0 amide bonds. The first-order chi connectivity index (χ1) is 12.3. The van der Waals surface area contributed by atoms with Crippen molar-refractivity contribution in [3.8, 4) is 5.75 Å². The molecule has 0 aliphatic heterocycles. The van der Waals surface area contributed by atoms with E-state index in [2.05, 4.69) is 0 Å². The van der Waals surface area contributed by atoms with Gasteiger partial charge in [-0.25, -0.2) is 18.4 Å². The largest absolute Gasteiger partial charge is 0.488 e. The van der Waals surface area contributed by atoms with E-state index in [4.69, 9.17) is 14.3 Å². The van der Waals surface area contributed by atoms with Crippen LogP contribution < -0.4 is 15.5 Å². The second-order valence-electron chi connectivity index (χ2n) is 5.65. The molecule has 1 heterocycles. The Balaban J connectivity index is 1.92. The number of ketones is 1. The summed E-state index contributed by atoms with van der Waals surface area (Å²) in [5.74, 6) is -0.0283. The van der Waals surface area contributed by atoms with Gasteiger partial charge in [-0.1, -0.05) is 12.1 Å². The molecule has 26 heavy (non-hydrogen) atoms. The number of Topliss-reactive ketones (excluding diaryl/α,β-unsaturated/α-hetero) is 1. The van der Waals surface area contributed by atoms with Gasteiger partial charge in [-0.05, 0) is 42.8 Å². The van der Waals surface area contributed by atoms with Crippen molar-refractivity contribution in [2.45, 2.75) is 18.4 Å². The number of benzene rings is 2. The van der Waals surface area contributed by atoms with Gasteiger partial charge in [-0.2, -0.15) is 0 Å². The highest BCUT2D eigenvalue weighted by molar-refractivity contribution is 7.89. The maximum absolute atomic E-state index is 12.0. The number of fused-ring (bicyclic) bond motifs is 1. The fraction of sp³-hybridized carbons (Fsp3) is 0.111. The molecular weight excluding hydrogens is 358 g/mol. The molecule has 3 aromatic rings. The van der Waals surface area contributed by atoms with E-state index in [1.165, 1.54) is 25.1 Å².